The van der Waals surface area contributed by atoms with Crippen LogP contribution in [-0.2, 0) is 6.42 Å². The van der Waals surface area contributed by atoms with Gasteiger partial charge < -0.3 is 14.8 Å². The molecule has 0 amide bonds. The zero-order valence-electron chi connectivity index (χ0n) is 12.4. The lowest BCUT2D eigenvalue weighted by Gasteiger charge is -2.19. The van der Waals surface area contributed by atoms with E-state index in [0.29, 0.717) is 13.2 Å². The molecule has 2 aliphatic rings. The highest BCUT2D eigenvalue weighted by molar-refractivity contribution is 7.13. The number of nitrogens with one attached hydrogen (secondary N) is 1. The van der Waals surface area contributed by atoms with Gasteiger partial charge in [-0.1, -0.05) is 6.07 Å². The van der Waals surface area contributed by atoms with Gasteiger partial charge in [0.1, 0.15) is 24.7 Å². The molecule has 0 unspecified atom stereocenters. The number of rotatable bonds is 2. The predicted octanol–water partition coefficient (Wildman–Crippen LogP) is 3.34. The molecule has 0 radical (unpaired) electrons. The Hall–Kier alpha value is -2.47. The van der Waals surface area contributed by atoms with E-state index in [1.54, 1.807) is 11.3 Å². The van der Waals surface area contributed by atoms with Crippen LogP contribution in [0.5, 0.6) is 11.5 Å². The second-order valence-corrected chi connectivity index (χ2v) is 6.52. The Morgan fingerprint density at radius 2 is 2.04 bits per heavy atom. The van der Waals surface area contributed by atoms with E-state index in [-0.39, 0.29) is 0 Å². The number of fused-ring (bicyclic) bond motifs is 2. The summed E-state index contributed by atoms with van der Waals surface area (Å²) >= 11 is 1.73. The van der Waals surface area contributed by atoms with E-state index in [1.165, 1.54) is 10.4 Å². The molecule has 1 N–H and O–H groups in total. The number of hydrogen-bond donors (Lipinski definition) is 1. The summed E-state index contributed by atoms with van der Waals surface area (Å²) in [4.78, 5) is 1.21. The summed E-state index contributed by atoms with van der Waals surface area (Å²) in [5.74, 6) is 2.67. The predicted molar refractivity (Wildman–Crippen MR) is 90.1 cm³/mol. The van der Waals surface area contributed by atoms with Crippen molar-refractivity contribution in [3.8, 4) is 27.8 Å². The van der Waals surface area contributed by atoms with Gasteiger partial charge in [-0.2, -0.15) is 5.10 Å². The van der Waals surface area contributed by atoms with Crippen LogP contribution >= 0.6 is 11.3 Å². The molecule has 0 spiro atoms. The first-order valence-corrected chi connectivity index (χ1v) is 8.58. The lowest BCUT2D eigenvalue weighted by molar-refractivity contribution is 0.171. The SMILES string of the molecule is c1csc(-c2nn(-c3ccc4c(c3)OCCO4)c3c2CCN3)c1. The third-order valence-electron chi connectivity index (χ3n) is 4.18. The third-order valence-corrected chi connectivity index (χ3v) is 5.05. The lowest BCUT2D eigenvalue weighted by atomic mass is 10.2. The van der Waals surface area contributed by atoms with Crippen LogP contribution in [0.3, 0.4) is 0 Å². The van der Waals surface area contributed by atoms with Gasteiger partial charge in [-0.25, -0.2) is 4.68 Å². The van der Waals surface area contributed by atoms with Crippen molar-refractivity contribution in [1.82, 2.24) is 9.78 Å². The summed E-state index contributed by atoms with van der Waals surface area (Å²) in [6, 6.07) is 10.2. The average molecular weight is 325 g/mol. The van der Waals surface area contributed by atoms with E-state index in [4.69, 9.17) is 14.6 Å². The van der Waals surface area contributed by atoms with E-state index in [2.05, 4.69) is 22.8 Å². The summed E-state index contributed by atoms with van der Waals surface area (Å²) in [5.41, 5.74) is 3.36. The Bertz CT molecular complexity index is 870. The number of hydrogen-bond acceptors (Lipinski definition) is 5. The second kappa shape index (κ2) is 5.03. The highest BCUT2D eigenvalue weighted by Gasteiger charge is 2.25. The van der Waals surface area contributed by atoms with Crippen LogP contribution in [-0.4, -0.2) is 29.5 Å². The van der Waals surface area contributed by atoms with Crippen molar-refractivity contribution in [1.29, 1.82) is 0 Å². The fraction of sp³-hybridized carbons (Fsp3) is 0.235. The Morgan fingerprint density at radius 3 is 2.91 bits per heavy atom. The molecule has 0 fully saturated rings. The van der Waals surface area contributed by atoms with Gasteiger partial charge in [0.25, 0.3) is 0 Å². The van der Waals surface area contributed by atoms with Crippen LogP contribution in [0.1, 0.15) is 5.56 Å². The minimum atomic E-state index is 0.590. The zero-order chi connectivity index (χ0) is 15.2. The summed E-state index contributed by atoms with van der Waals surface area (Å²) in [5, 5.41) is 10.4. The topological polar surface area (TPSA) is 48.3 Å². The van der Waals surface area contributed by atoms with Gasteiger partial charge in [0.15, 0.2) is 11.5 Å². The third kappa shape index (κ3) is 2.02. The van der Waals surface area contributed by atoms with Crippen LogP contribution in [0.2, 0.25) is 0 Å². The Balaban J connectivity index is 1.65. The van der Waals surface area contributed by atoms with Crippen molar-refractivity contribution in [2.24, 2.45) is 0 Å². The van der Waals surface area contributed by atoms with Crippen LogP contribution in [0, 0.1) is 0 Å². The van der Waals surface area contributed by atoms with Crippen molar-refractivity contribution < 1.29 is 9.47 Å². The summed E-state index contributed by atoms with van der Waals surface area (Å²) in [6.07, 6.45) is 1.01. The largest absolute Gasteiger partial charge is 0.486 e. The Labute approximate surface area is 137 Å². The number of aromatic nitrogens is 2. The summed E-state index contributed by atoms with van der Waals surface area (Å²) in [6.45, 7) is 2.15. The minimum Gasteiger partial charge on any atom is -0.486 e. The molecular weight excluding hydrogens is 310 g/mol. The molecule has 5 nitrogen and oxygen atoms in total. The fourth-order valence-electron chi connectivity index (χ4n) is 3.14. The molecule has 0 atom stereocenters. The van der Waals surface area contributed by atoms with Gasteiger partial charge in [0.2, 0.25) is 0 Å². The van der Waals surface area contributed by atoms with Crippen molar-refractivity contribution >= 4 is 17.2 Å². The molecule has 1 aromatic carbocycles. The van der Waals surface area contributed by atoms with Gasteiger partial charge >= 0.3 is 0 Å². The molecule has 0 bridgehead atoms. The first-order chi connectivity index (χ1) is 11.4. The first kappa shape index (κ1) is 13.0. The normalized spacial score (nSPS) is 15.3. The smallest absolute Gasteiger partial charge is 0.163 e. The van der Waals surface area contributed by atoms with Crippen molar-refractivity contribution in [3.63, 3.8) is 0 Å². The van der Waals surface area contributed by atoms with Crippen molar-refractivity contribution in [2.75, 3.05) is 25.1 Å². The van der Waals surface area contributed by atoms with E-state index < -0.39 is 0 Å². The monoisotopic (exact) mass is 325 g/mol. The van der Waals surface area contributed by atoms with E-state index in [0.717, 1.165) is 41.7 Å². The molecule has 2 aliphatic heterocycles. The molecule has 2 aromatic heterocycles. The second-order valence-electron chi connectivity index (χ2n) is 5.57. The molecule has 3 aromatic rings. The summed E-state index contributed by atoms with van der Waals surface area (Å²) < 4.78 is 13.3. The number of ether oxygens (including phenoxy) is 2. The standard InChI is InChI=1S/C17H15N3O2S/c1-2-15(23-9-1)16-12-5-6-18-17(12)20(19-16)11-3-4-13-14(10-11)22-8-7-21-13/h1-4,9-10,18H,5-8H2. The molecule has 0 saturated carbocycles. The summed E-state index contributed by atoms with van der Waals surface area (Å²) in [7, 11) is 0. The van der Waals surface area contributed by atoms with Crippen LogP contribution in [0.4, 0.5) is 5.82 Å². The first-order valence-electron chi connectivity index (χ1n) is 7.70. The van der Waals surface area contributed by atoms with E-state index in [1.807, 2.05) is 22.9 Å². The van der Waals surface area contributed by atoms with Crippen LogP contribution in [0.25, 0.3) is 16.3 Å². The van der Waals surface area contributed by atoms with Gasteiger partial charge in [0, 0.05) is 18.2 Å². The zero-order valence-corrected chi connectivity index (χ0v) is 13.2. The average Bonchev–Trinajstić information content (AvgIpc) is 3.31. The number of thiophene rings is 1. The quantitative estimate of drug-likeness (QED) is 0.785. The number of nitrogens with zero attached hydrogens (tertiary/aromatic N) is 2. The molecule has 4 heterocycles. The minimum absolute atomic E-state index is 0.590. The highest BCUT2D eigenvalue weighted by Crippen LogP contribution is 2.38. The van der Waals surface area contributed by atoms with Crippen LogP contribution < -0.4 is 14.8 Å². The molecular formula is C17H15N3O2S. The van der Waals surface area contributed by atoms with Gasteiger partial charge in [0.05, 0.1) is 10.6 Å². The highest BCUT2D eigenvalue weighted by atomic mass is 32.1. The van der Waals surface area contributed by atoms with E-state index in [9.17, 15) is 0 Å². The van der Waals surface area contributed by atoms with Crippen molar-refractivity contribution in [3.05, 3.63) is 41.3 Å². The molecule has 0 saturated heterocycles. The molecule has 6 heteroatoms. The molecule has 0 aliphatic carbocycles. The van der Waals surface area contributed by atoms with Crippen LogP contribution in [0.15, 0.2) is 35.7 Å². The maximum absolute atomic E-state index is 5.70. The maximum Gasteiger partial charge on any atom is 0.163 e. The molecule has 5 rings (SSSR count). The Morgan fingerprint density at radius 1 is 1.13 bits per heavy atom. The van der Waals surface area contributed by atoms with Gasteiger partial charge in [-0.3, -0.25) is 0 Å². The molecule has 23 heavy (non-hydrogen) atoms. The van der Waals surface area contributed by atoms with E-state index >= 15 is 0 Å². The maximum atomic E-state index is 5.70. The number of benzene rings is 1. The molecule has 116 valence electrons. The lowest BCUT2D eigenvalue weighted by Crippen LogP contribution is -2.15. The fourth-order valence-corrected chi connectivity index (χ4v) is 3.87. The Kier molecular flexibility index (Phi) is 2.84. The van der Waals surface area contributed by atoms with Crippen molar-refractivity contribution in [2.45, 2.75) is 6.42 Å². The number of anilines is 1. The van der Waals surface area contributed by atoms with Gasteiger partial charge in [-0.05, 0) is 30.0 Å². The van der Waals surface area contributed by atoms with Gasteiger partial charge in [-0.15, -0.1) is 11.3 Å².